The highest BCUT2D eigenvalue weighted by atomic mass is 16.4. The van der Waals surface area contributed by atoms with Gasteiger partial charge in [-0.2, -0.15) is 0 Å². The summed E-state index contributed by atoms with van der Waals surface area (Å²) in [4.78, 5) is 33.9. The smallest absolute Gasteiger partial charge is 0.303 e. The SMILES string of the molecule is O=C(O)CCc1cccc(C2CCCN2C(=O)c2ccccn2)n1. The Kier molecular flexibility index (Phi) is 4.84. The van der Waals surface area contributed by atoms with Crippen LogP contribution in [0.5, 0.6) is 0 Å². The number of carboxylic acids is 1. The zero-order valence-electron chi connectivity index (χ0n) is 13.3. The minimum absolute atomic E-state index is 0.0533. The van der Waals surface area contributed by atoms with Gasteiger partial charge >= 0.3 is 5.97 Å². The highest BCUT2D eigenvalue weighted by molar-refractivity contribution is 5.92. The third kappa shape index (κ3) is 3.59. The Morgan fingerprint density at radius 2 is 2.08 bits per heavy atom. The van der Waals surface area contributed by atoms with Gasteiger partial charge in [0.15, 0.2) is 0 Å². The van der Waals surface area contributed by atoms with Gasteiger partial charge in [0.2, 0.25) is 0 Å². The number of aliphatic carboxylic acids is 1. The van der Waals surface area contributed by atoms with Crippen LogP contribution < -0.4 is 0 Å². The molecule has 0 radical (unpaired) electrons. The number of hydrogen-bond acceptors (Lipinski definition) is 4. The monoisotopic (exact) mass is 325 g/mol. The van der Waals surface area contributed by atoms with E-state index in [1.165, 1.54) is 0 Å². The molecule has 6 nitrogen and oxygen atoms in total. The summed E-state index contributed by atoms with van der Waals surface area (Å²) in [7, 11) is 0. The fourth-order valence-corrected chi connectivity index (χ4v) is 3.01. The van der Waals surface area contributed by atoms with E-state index in [9.17, 15) is 9.59 Å². The molecule has 1 atom stereocenters. The Labute approximate surface area is 140 Å². The van der Waals surface area contributed by atoms with Crippen molar-refractivity contribution >= 4 is 11.9 Å². The van der Waals surface area contributed by atoms with E-state index in [0.29, 0.717) is 18.7 Å². The van der Waals surface area contributed by atoms with Crippen LogP contribution in [0.4, 0.5) is 0 Å². The van der Waals surface area contributed by atoms with Crippen LogP contribution in [0.25, 0.3) is 0 Å². The van der Waals surface area contributed by atoms with E-state index in [2.05, 4.69) is 9.97 Å². The van der Waals surface area contributed by atoms with Crippen LogP contribution in [0.2, 0.25) is 0 Å². The number of rotatable bonds is 5. The van der Waals surface area contributed by atoms with Gasteiger partial charge in [-0.05, 0) is 37.1 Å². The predicted octanol–water partition coefficient (Wildman–Crippen LogP) is 2.47. The Bertz CT molecular complexity index is 733. The van der Waals surface area contributed by atoms with Crippen molar-refractivity contribution in [3.8, 4) is 0 Å². The van der Waals surface area contributed by atoms with Crippen molar-refractivity contribution in [2.75, 3.05) is 6.54 Å². The first-order valence-electron chi connectivity index (χ1n) is 8.05. The molecular formula is C18H19N3O3. The summed E-state index contributed by atoms with van der Waals surface area (Å²) >= 11 is 0. The standard InChI is InChI=1S/C18H19N3O3/c22-17(23)10-9-13-5-3-7-14(20-13)16-8-4-12-21(16)18(24)15-6-1-2-11-19-15/h1-3,5-7,11,16H,4,8-10,12H2,(H,22,23). The largest absolute Gasteiger partial charge is 0.481 e. The average Bonchev–Trinajstić information content (AvgIpc) is 3.10. The maximum Gasteiger partial charge on any atom is 0.303 e. The minimum Gasteiger partial charge on any atom is -0.481 e. The topological polar surface area (TPSA) is 83.4 Å². The second-order valence-corrected chi connectivity index (χ2v) is 5.82. The Hall–Kier alpha value is -2.76. The Morgan fingerprint density at radius 1 is 1.21 bits per heavy atom. The molecule has 1 N–H and O–H groups in total. The van der Waals surface area contributed by atoms with Crippen LogP contribution >= 0.6 is 0 Å². The van der Waals surface area contributed by atoms with Crippen molar-refractivity contribution in [1.29, 1.82) is 0 Å². The van der Waals surface area contributed by atoms with Gasteiger partial charge in [-0.15, -0.1) is 0 Å². The zero-order chi connectivity index (χ0) is 16.9. The molecule has 2 aromatic heterocycles. The van der Waals surface area contributed by atoms with E-state index in [1.54, 1.807) is 24.4 Å². The Morgan fingerprint density at radius 3 is 2.83 bits per heavy atom. The van der Waals surface area contributed by atoms with Crippen molar-refractivity contribution in [3.63, 3.8) is 0 Å². The molecule has 0 aliphatic carbocycles. The number of carbonyl (C=O) groups excluding carboxylic acids is 1. The Balaban J connectivity index is 1.79. The summed E-state index contributed by atoms with van der Waals surface area (Å²) in [5.41, 5.74) is 2.00. The fourth-order valence-electron chi connectivity index (χ4n) is 3.01. The quantitative estimate of drug-likeness (QED) is 0.913. The lowest BCUT2D eigenvalue weighted by Crippen LogP contribution is -2.31. The maximum atomic E-state index is 12.7. The van der Waals surface area contributed by atoms with Crippen LogP contribution in [0.15, 0.2) is 42.6 Å². The molecule has 3 heterocycles. The summed E-state index contributed by atoms with van der Waals surface area (Å²) in [6.45, 7) is 0.682. The number of pyridine rings is 2. The lowest BCUT2D eigenvalue weighted by Gasteiger charge is -2.24. The average molecular weight is 325 g/mol. The molecular weight excluding hydrogens is 306 g/mol. The minimum atomic E-state index is -0.838. The molecule has 6 heteroatoms. The van der Waals surface area contributed by atoms with Crippen LogP contribution in [0.3, 0.4) is 0 Å². The molecule has 24 heavy (non-hydrogen) atoms. The first-order chi connectivity index (χ1) is 11.6. The molecule has 3 rings (SSSR count). The molecule has 1 aliphatic rings. The number of aryl methyl sites for hydroxylation is 1. The number of amides is 1. The van der Waals surface area contributed by atoms with Crippen LogP contribution in [-0.4, -0.2) is 38.4 Å². The van der Waals surface area contributed by atoms with E-state index in [0.717, 1.165) is 24.2 Å². The molecule has 0 saturated carbocycles. The van der Waals surface area contributed by atoms with Crippen molar-refractivity contribution in [2.45, 2.75) is 31.7 Å². The van der Waals surface area contributed by atoms with Crippen LogP contribution in [0, 0.1) is 0 Å². The third-order valence-corrected chi connectivity index (χ3v) is 4.16. The van der Waals surface area contributed by atoms with E-state index in [-0.39, 0.29) is 18.4 Å². The maximum absolute atomic E-state index is 12.7. The second-order valence-electron chi connectivity index (χ2n) is 5.82. The van der Waals surface area contributed by atoms with Crippen molar-refractivity contribution in [1.82, 2.24) is 14.9 Å². The molecule has 2 aromatic rings. The zero-order valence-corrected chi connectivity index (χ0v) is 13.3. The predicted molar refractivity (Wildman–Crippen MR) is 87.4 cm³/mol. The van der Waals surface area contributed by atoms with Crippen molar-refractivity contribution in [3.05, 3.63) is 59.7 Å². The normalized spacial score (nSPS) is 17.0. The summed E-state index contributed by atoms with van der Waals surface area (Å²) in [6, 6.07) is 10.8. The molecule has 124 valence electrons. The highest BCUT2D eigenvalue weighted by Gasteiger charge is 2.32. The number of carboxylic acid groups (broad SMARTS) is 1. The lowest BCUT2D eigenvalue weighted by atomic mass is 10.1. The summed E-state index contributed by atoms with van der Waals surface area (Å²) in [5, 5.41) is 8.81. The number of aromatic nitrogens is 2. The van der Waals surface area contributed by atoms with Crippen molar-refractivity contribution in [2.24, 2.45) is 0 Å². The van der Waals surface area contributed by atoms with E-state index in [4.69, 9.17) is 5.11 Å². The van der Waals surface area contributed by atoms with E-state index in [1.807, 2.05) is 23.1 Å². The van der Waals surface area contributed by atoms with Gasteiger partial charge in [0, 0.05) is 24.9 Å². The molecule has 1 amide bonds. The second kappa shape index (κ2) is 7.21. The van der Waals surface area contributed by atoms with Gasteiger partial charge in [0.25, 0.3) is 5.91 Å². The number of nitrogens with zero attached hydrogens (tertiary/aromatic N) is 3. The van der Waals surface area contributed by atoms with Gasteiger partial charge < -0.3 is 10.0 Å². The highest BCUT2D eigenvalue weighted by Crippen LogP contribution is 2.32. The number of likely N-dealkylation sites (tertiary alicyclic amines) is 1. The molecule has 0 spiro atoms. The summed E-state index contributed by atoms with van der Waals surface area (Å²) < 4.78 is 0. The molecule has 1 fully saturated rings. The first kappa shape index (κ1) is 16.1. The van der Waals surface area contributed by atoms with Gasteiger partial charge in [0.1, 0.15) is 5.69 Å². The van der Waals surface area contributed by atoms with Gasteiger partial charge in [-0.3, -0.25) is 19.6 Å². The van der Waals surface area contributed by atoms with Gasteiger partial charge in [0.05, 0.1) is 18.2 Å². The molecule has 1 saturated heterocycles. The summed E-state index contributed by atoms with van der Waals surface area (Å²) in [6.07, 6.45) is 3.84. The first-order valence-corrected chi connectivity index (χ1v) is 8.05. The van der Waals surface area contributed by atoms with Crippen LogP contribution in [0.1, 0.15) is 47.2 Å². The summed E-state index contributed by atoms with van der Waals surface area (Å²) in [5.74, 6) is -0.925. The van der Waals surface area contributed by atoms with E-state index < -0.39 is 5.97 Å². The van der Waals surface area contributed by atoms with E-state index >= 15 is 0 Å². The number of carbonyl (C=O) groups is 2. The van der Waals surface area contributed by atoms with Crippen molar-refractivity contribution < 1.29 is 14.7 Å². The number of hydrogen-bond donors (Lipinski definition) is 1. The molecule has 0 aromatic carbocycles. The third-order valence-electron chi connectivity index (χ3n) is 4.16. The van der Waals surface area contributed by atoms with Gasteiger partial charge in [-0.1, -0.05) is 12.1 Å². The molecule has 1 unspecified atom stereocenters. The fraction of sp³-hybridized carbons (Fsp3) is 0.333. The lowest BCUT2D eigenvalue weighted by molar-refractivity contribution is -0.136. The molecule has 0 bridgehead atoms. The van der Waals surface area contributed by atoms with Crippen LogP contribution in [-0.2, 0) is 11.2 Å². The van der Waals surface area contributed by atoms with Gasteiger partial charge in [-0.25, -0.2) is 0 Å². The molecule has 1 aliphatic heterocycles.